The summed E-state index contributed by atoms with van der Waals surface area (Å²) in [4.78, 5) is 12.2. The number of benzene rings is 1. The summed E-state index contributed by atoms with van der Waals surface area (Å²) in [5.41, 5.74) is 1.68. The zero-order valence-electron chi connectivity index (χ0n) is 11.8. The Morgan fingerprint density at radius 1 is 1.32 bits per heavy atom. The first-order valence-corrected chi connectivity index (χ1v) is 7.25. The number of nitrogens with zero attached hydrogens (tertiary/aromatic N) is 3. The van der Waals surface area contributed by atoms with Crippen LogP contribution in [-0.4, -0.2) is 21.0 Å². The van der Waals surface area contributed by atoms with Crippen LogP contribution in [0, 0.1) is 0 Å². The van der Waals surface area contributed by atoms with Crippen molar-refractivity contribution in [2.75, 3.05) is 5.32 Å². The Balaban J connectivity index is 1.50. The van der Waals surface area contributed by atoms with Crippen LogP contribution in [-0.2, 0) is 6.54 Å². The molecule has 0 radical (unpaired) electrons. The molecule has 3 aromatic rings. The van der Waals surface area contributed by atoms with Crippen LogP contribution >= 0.6 is 0 Å². The minimum Gasteiger partial charge on any atom is -0.354 e. The summed E-state index contributed by atoms with van der Waals surface area (Å²) in [5.74, 6) is 0.428. The van der Waals surface area contributed by atoms with Crippen molar-refractivity contribution < 1.29 is 9.32 Å². The minimum atomic E-state index is -0.293. The maximum Gasteiger partial charge on any atom is 0.321 e. The molecule has 0 bridgehead atoms. The third-order valence-electron chi connectivity index (χ3n) is 3.88. The second-order valence-corrected chi connectivity index (χ2v) is 5.30. The van der Waals surface area contributed by atoms with Gasteiger partial charge < -0.3 is 9.84 Å². The van der Waals surface area contributed by atoms with Crippen molar-refractivity contribution in [1.29, 1.82) is 0 Å². The highest BCUT2D eigenvalue weighted by molar-refractivity contribution is 5.98. The molecule has 4 rings (SSSR count). The van der Waals surface area contributed by atoms with Crippen LogP contribution in [0.2, 0.25) is 0 Å². The topological polar surface area (TPSA) is 85.0 Å². The number of hydrogen-bond donors (Lipinski definition) is 2. The fourth-order valence-corrected chi connectivity index (χ4v) is 2.84. The second-order valence-electron chi connectivity index (χ2n) is 5.30. The molecule has 0 saturated carbocycles. The van der Waals surface area contributed by atoms with Crippen LogP contribution in [0.4, 0.5) is 10.6 Å². The normalized spacial score (nSPS) is 17.2. The Hall–Kier alpha value is -2.83. The van der Waals surface area contributed by atoms with E-state index in [2.05, 4.69) is 20.9 Å². The monoisotopic (exact) mass is 297 g/mol. The van der Waals surface area contributed by atoms with Crippen molar-refractivity contribution in [3.63, 3.8) is 0 Å². The average molecular weight is 297 g/mol. The van der Waals surface area contributed by atoms with Crippen molar-refractivity contribution in [2.45, 2.75) is 25.4 Å². The lowest BCUT2D eigenvalue weighted by molar-refractivity contribution is 0.244. The summed E-state index contributed by atoms with van der Waals surface area (Å²) >= 11 is 0. The maximum absolute atomic E-state index is 12.2. The summed E-state index contributed by atoms with van der Waals surface area (Å²) in [7, 11) is 0. The van der Waals surface area contributed by atoms with E-state index >= 15 is 0 Å². The number of carbonyl (C=O) groups excluding carboxylic acids is 1. The van der Waals surface area contributed by atoms with Crippen LogP contribution in [0.3, 0.4) is 0 Å². The molecule has 0 aliphatic carbocycles. The highest BCUT2D eigenvalue weighted by Crippen LogP contribution is 2.25. The van der Waals surface area contributed by atoms with E-state index in [1.807, 2.05) is 35.0 Å². The van der Waals surface area contributed by atoms with Gasteiger partial charge >= 0.3 is 6.03 Å². The molecule has 2 aromatic heterocycles. The van der Waals surface area contributed by atoms with Gasteiger partial charge in [-0.1, -0.05) is 17.3 Å². The number of fused-ring (bicyclic) bond motifs is 2. The summed E-state index contributed by atoms with van der Waals surface area (Å²) in [6.45, 7) is 0.899. The van der Waals surface area contributed by atoms with Gasteiger partial charge in [0.1, 0.15) is 0 Å². The van der Waals surface area contributed by atoms with Gasteiger partial charge in [-0.15, -0.1) is 0 Å². The molecule has 1 unspecified atom stereocenters. The molecule has 0 fully saturated rings. The maximum atomic E-state index is 12.2. The van der Waals surface area contributed by atoms with Crippen molar-refractivity contribution in [3.8, 4) is 0 Å². The number of aromatic nitrogens is 3. The van der Waals surface area contributed by atoms with E-state index < -0.39 is 0 Å². The number of aryl methyl sites for hydroxylation is 1. The quantitative estimate of drug-likeness (QED) is 0.761. The molecule has 1 aliphatic rings. The number of anilines is 1. The second kappa shape index (κ2) is 5.18. The number of rotatable bonds is 2. The first kappa shape index (κ1) is 12.9. The molecular formula is C15H15N5O2. The lowest BCUT2D eigenvalue weighted by Gasteiger charge is -2.24. The van der Waals surface area contributed by atoms with Crippen LogP contribution in [0.1, 0.15) is 24.6 Å². The summed E-state index contributed by atoms with van der Waals surface area (Å²) in [5, 5.41) is 14.7. The molecule has 112 valence electrons. The molecule has 0 spiro atoms. The number of urea groups is 1. The molecule has 7 nitrogen and oxygen atoms in total. The smallest absolute Gasteiger partial charge is 0.321 e. The van der Waals surface area contributed by atoms with E-state index in [0.29, 0.717) is 11.4 Å². The number of amides is 2. The van der Waals surface area contributed by atoms with Crippen molar-refractivity contribution in [1.82, 2.24) is 20.3 Å². The molecule has 1 aromatic carbocycles. The van der Waals surface area contributed by atoms with Crippen molar-refractivity contribution in [3.05, 3.63) is 42.2 Å². The van der Waals surface area contributed by atoms with Crippen molar-refractivity contribution in [2.24, 2.45) is 0 Å². The molecule has 1 aliphatic heterocycles. The highest BCUT2D eigenvalue weighted by Gasteiger charge is 2.23. The Labute approximate surface area is 126 Å². The third-order valence-corrected chi connectivity index (χ3v) is 3.88. The summed E-state index contributed by atoms with van der Waals surface area (Å²) < 4.78 is 7.11. The van der Waals surface area contributed by atoms with Gasteiger partial charge in [0.05, 0.1) is 17.1 Å². The molecule has 0 saturated heterocycles. The molecule has 22 heavy (non-hydrogen) atoms. The van der Waals surface area contributed by atoms with Crippen LogP contribution < -0.4 is 10.6 Å². The molecule has 3 heterocycles. The van der Waals surface area contributed by atoms with Gasteiger partial charge in [-0.25, -0.2) is 4.79 Å². The van der Waals surface area contributed by atoms with Gasteiger partial charge in [0.2, 0.25) is 0 Å². The highest BCUT2D eigenvalue weighted by atomic mass is 16.5. The van der Waals surface area contributed by atoms with Crippen LogP contribution in [0.15, 0.2) is 41.1 Å². The van der Waals surface area contributed by atoms with E-state index in [0.717, 1.165) is 30.5 Å². The first-order chi connectivity index (χ1) is 10.8. The largest absolute Gasteiger partial charge is 0.354 e. The zero-order valence-corrected chi connectivity index (χ0v) is 11.8. The Morgan fingerprint density at radius 3 is 3.18 bits per heavy atom. The third kappa shape index (κ3) is 2.20. The molecule has 2 N–H and O–H groups in total. The average Bonchev–Trinajstić information content (AvgIpc) is 3.15. The number of carbonyl (C=O) groups is 1. The van der Waals surface area contributed by atoms with E-state index in [1.165, 1.54) is 0 Å². The van der Waals surface area contributed by atoms with E-state index in [-0.39, 0.29) is 12.1 Å². The van der Waals surface area contributed by atoms with Gasteiger partial charge in [-0.2, -0.15) is 5.10 Å². The predicted molar refractivity (Wildman–Crippen MR) is 80.4 cm³/mol. The first-order valence-electron chi connectivity index (χ1n) is 7.25. The lowest BCUT2D eigenvalue weighted by atomic mass is 10.0. The fourth-order valence-electron chi connectivity index (χ4n) is 2.84. The van der Waals surface area contributed by atoms with E-state index in [9.17, 15) is 4.79 Å². The van der Waals surface area contributed by atoms with Crippen LogP contribution in [0.25, 0.3) is 11.0 Å². The number of nitrogens with one attached hydrogen (secondary N) is 2. The Bertz CT molecular complexity index is 822. The van der Waals surface area contributed by atoms with E-state index in [4.69, 9.17) is 4.52 Å². The van der Waals surface area contributed by atoms with E-state index in [1.54, 1.807) is 6.20 Å². The van der Waals surface area contributed by atoms with Gasteiger partial charge in [-0.3, -0.25) is 10.00 Å². The molecular weight excluding hydrogens is 282 g/mol. The Kier molecular flexibility index (Phi) is 3.03. The molecule has 1 atom stereocenters. The summed E-state index contributed by atoms with van der Waals surface area (Å²) in [6, 6.07) is 9.02. The number of para-hydroxylation sites is 1. The standard InChI is InChI=1S/C15H15N5O2/c21-15(17-11-5-3-9-20-12(11)7-8-16-20)18-14-10-4-1-2-6-13(10)22-19-14/h1-2,4,6-8,11H,3,5,9H2,(H2,17,18,19,21). The van der Waals surface area contributed by atoms with Gasteiger partial charge in [0.15, 0.2) is 11.4 Å². The minimum absolute atomic E-state index is 0.0329. The fraction of sp³-hybridized carbons (Fsp3) is 0.267. The van der Waals surface area contributed by atoms with Crippen LogP contribution in [0.5, 0.6) is 0 Å². The van der Waals surface area contributed by atoms with Crippen molar-refractivity contribution >= 4 is 22.8 Å². The van der Waals surface area contributed by atoms with Gasteiger partial charge in [0, 0.05) is 12.7 Å². The number of hydrogen-bond acceptors (Lipinski definition) is 4. The SMILES string of the molecule is O=C(Nc1noc2ccccc12)NC1CCCn2nccc21. The summed E-state index contributed by atoms with van der Waals surface area (Å²) in [6.07, 6.45) is 3.66. The molecule has 7 heteroatoms. The predicted octanol–water partition coefficient (Wildman–Crippen LogP) is 2.68. The molecule has 2 amide bonds. The zero-order chi connectivity index (χ0) is 14.9. The Morgan fingerprint density at radius 2 is 2.23 bits per heavy atom. The van der Waals surface area contributed by atoms with Gasteiger partial charge in [0.25, 0.3) is 0 Å². The lowest BCUT2D eigenvalue weighted by Crippen LogP contribution is -2.35. The van der Waals surface area contributed by atoms with Gasteiger partial charge in [-0.05, 0) is 31.0 Å².